The van der Waals surface area contributed by atoms with Crippen molar-refractivity contribution in [2.75, 3.05) is 26.6 Å². The third-order valence-electron chi connectivity index (χ3n) is 4.69. The third kappa shape index (κ3) is 5.36. The van der Waals surface area contributed by atoms with Crippen molar-refractivity contribution in [2.45, 2.75) is 13.5 Å². The molecule has 0 bridgehead atoms. The first-order chi connectivity index (χ1) is 15.4. The molecule has 0 saturated carbocycles. The lowest BCUT2D eigenvalue weighted by Gasteiger charge is -2.14. The van der Waals surface area contributed by atoms with E-state index in [1.165, 1.54) is 27.4 Å². The molecule has 0 aliphatic heterocycles. The first-order valence-corrected chi connectivity index (χ1v) is 10.4. The fourth-order valence-corrected chi connectivity index (χ4v) is 3.54. The second kappa shape index (κ2) is 10.4. The van der Waals surface area contributed by atoms with Crippen molar-refractivity contribution in [1.82, 2.24) is 9.78 Å². The Morgan fingerprint density at radius 3 is 2.25 bits per heavy atom. The Hall–Kier alpha value is -3.16. The number of rotatable bonds is 8. The van der Waals surface area contributed by atoms with Gasteiger partial charge in [0.25, 0.3) is 0 Å². The zero-order valence-electron chi connectivity index (χ0n) is 18.1. The number of benzene rings is 2. The summed E-state index contributed by atoms with van der Waals surface area (Å²) in [6, 6.07) is 10.8. The van der Waals surface area contributed by atoms with Gasteiger partial charge in [0.1, 0.15) is 5.15 Å². The fourth-order valence-electron chi connectivity index (χ4n) is 3.12. The van der Waals surface area contributed by atoms with Gasteiger partial charge in [-0.2, -0.15) is 5.10 Å². The second-order valence-electron chi connectivity index (χ2n) is 6.81. The Morgan fingerprint density at radius 1 is 1.06 bits per heavy atom. The fraction of sp³-hybridized carbons (Fsp3) is 0.217. The lowest BCUT2D eigenvalue weighted by atomic mass is 10.2. The predicted octanol–water partition coefficient (Wildman–Crippen LogP) is 5.22. The minimum absolute atomic E-state index is 0.347. The van der Waals surface area contributed by atoms with Gasteiger partial charge in [0.15, 0.2) is 11.5 Å². The summed E-state index contributed by atoms with van der Waals surface area (Å²) < 4.78 is 17.6. The summed E-state index contributed by atoms with van der Waals surface area (Å²) in [7, 11) is 4.53. The topological polar surface area (TPSA) is 74.6 Å². The maximum atomic E-state index is 12.5. The van der Waals surface area contributed by atoms with Crippen LogP contribution in [0.2, 0.25) is 10.2 Å². The Bertz CT molecular complexity index is 1120. The van der Waals surface area contributed by atoms with E-state index in [0.29, 0.717) is 50.9 Å². The van der Waals surface area contributed by atoms with Crippen LogP contribution in [-0.2, 0) is 11.3 Å². The summed E-state index contributed by atoms with van der Waals surface area (Å²) in [6.07, 6.45) is 3.03. The van der Waals surface area contributed by atoms with Crippen LogP contribution in [0.25, 0.3) is 6.08 Å². The van der Waals surface area contributed by atoms with Crippen LogP contribution in [0.3, 0.4) is 0 Å². The Labute approximate surface area is 196 Å². The smallest absolute Gasteiger partial charge is 0.248 e. The molecule has 0 aliphatic carbocycles. The molecular weight excluding hydrogens is 453 g/mol. The number of halogens is 2. The molecule has 3 aromatic rings. The quantitative estimate of drug-likeness (QED) is 0.451. The molecule has 1 heterocycles. The zero-order valence-corrected chi connectivity index (χ0v) is 19.6. The molecule has 9 heteroatoms. The van der Waals surface area contributed by atoms with Crippen molar-refractivity contribution in [2.24, 2.45) is 0 Å². The summed E-state index contributed by atoms with van der Waals surface area (Å²) in [5.74, 6) is 0.973. The van der Waals surface area contributed by atoms with Gasteiger partial charge in [-0.05, 0) is 30.7 Å². The standard InChI is InChI=1S/C23H23Cl2N3O4/c1-14-18(23(25)28(27-14)13-15-5-7-16(24)8-6-15)9-10-21(29)26-17-11-19(30-2)22(32-4)20(12-17)31-3/h5-12H,13H2,1-4H3,(H,26,29)/b10-9+. The monoisotopic (exact) mass is 475 g/mol. The number of anilines is 1. The maximum Gasteiger partial charge on any atom is 0.248 e. The van der Waals surface area contributed by atoms with Gasteiger partial charge in [-0.1, -0.05) is 35.3 Å². The number of methoxy groups -OCH3 is 3. The summed E-state index contributed by atoms with van der Waals surface area (Å²) in [4.78, 5) is 12.5. The number of ether oxygens (including phenoxy) is 3. The molecular formula is C23H23Cl2N3O4. The number of hydrogen-bond donors (Lipinski definition) is 1. The zero-order chi connectivity index (χ0) is 23.3. The number of nitrogens with zero attached hydrogens (tertiary/aromatic N) is 2. The average molecular weight is 476 g/mol. The molecule has 0 aliphatic rings. The van der Waals surface area contributed by atoms with E-state index in [1.54, 1.807) is 22.9 Å². The Kier molecular flexibility index (Phi) is 7.66. The van der Waals surface area contributed by atoms with Gasteiger partial charge < -0.3 is 19.5 Å². The SMILES string of the molecule is COc1cc(NC(=O)/C=C/c2c(C)nn(Cc3ccc(Cl)cc3)c2Cl)cc(OC)c1OC. The predicted molar refractivity (Wildman–Crippen MR) is 126 cm³/mol. The van der Waals surface area contributed by atoms with E-state index in [1.807, 2.05) is 31.2 Å². The van der Waals surface area contributed by atoms with Gasteiger partial charge in [0.2, 0.25) is 11.7 Å². The lowest BCUT2D eigenvalue weighted by molar-refractivity contribution is -0.111. The number of carbonyl (C=O) groups excluding carboxylic acids is 1. The van der Waals surface area contributed by atoms with Crippen LogP contribution in [-0.4, -0.2) is 37.0 Å². The summed E-state index contributed by atoms with van der Waals surface area (Å²) in [6.45, 7) is 2.32. The average Bonchev–Trinajstić information content (AvgIpc) is 3.05. The molecule has 32 heavy (non-hydrogen) atoms. The summed E-state index contributed by atoms with van der Waals surface area (Å²) >= 11 is 12.4. The molecule has 0 fully saturated rings. The minimum Gasteiger partial charge on any atom is -0.493 e. The highest BCUT2D eigenvalue weighted by molar-refractivity contribution is 6.31. The molecule has 2 aromatic carbocycles. The first-order valence-electron chi connectivity index (χ1n) is 9.62. The van der Waals surface area contributed by atoms with Crippen LogP contribution in [0.15, 0.2) is 42.5 Å². The molecule has 0 spiro atoms. The number of aromatic nitrogens is 2. The van der Waals surface area contributed by atoms with Gasteiger partial charge in [0, 0.05) is 34.5 Å². The van der Waals surface area contributed by atoms with E-state index >= 15 is 0 Å². The van der Waals surface area contributed by atoms with Crippen molar-refractivity contribution < 1.29 is 19.0 Å². The van der Waals surface area contributed by atoms with Gasteiger partial charge in [-0.25, -0.2) is 4.68 Å². The number of carbonyl (C=O) groups is 1. The molecule has 0 unspecified atom stereocenters. The van der Waals surface area contributed by atoms with Crippen LogP contribution < -0.4 is 19.5 Å². The number of aryl methyl sites for hydroxylation is 1. The molecule has 168 valence electrons. The highest BCUT2D eigenvalue weighted by atomic mass is 35.5. The first kappa shape index (κ1) is 23.5. The Morgan fingerprint density at radius 2 is 1.69 bits per heavy atom. The van der Waals surface area contributed by atoms with Crippen molar-refractivity contribution in [3.63, 3.8) is 0 Å². The van der Waals surface area contributed by atoms with Crippen LogP contribution in [0.4, 0.5) is 5.69 Å². The molecule has 7 nitrogen and oxygen atoms in total. The van der Waals surface area contributed by atoms with Gasteiger partial charge in [-0.3, -0.25) is 4.79 Å². The van der Waals surface area contributed by atoms with Gasteiger partial charge in [-0.15, -0.1) is 0 Å². The van der Waals surface area contributed by atoms with E-state index in [4.69, 9.17) is 37.4 Å². The van der Waals surface area contributed by atoms with Crippen molar-refractivity contribution in [1.29, 1.82) is 0 Å². The summed E-state index contributed by atoms with van der Waals surface area (Å²) in [5, 5.41) is 8.36. The second-order valence-corrected chi connectivity index (χ2v) is 7.61. The number of nitrogens with one attached hydrogen (secondary N) is 1. The maximum absolute atomic E-state index is 12.5. The van der Waals surface area contributed by atoms with E-state index in [-0.39, 0.29) is 5.91 Å². The van der Waals surface area contributed by atoms with Crippen LogP contribution >= 0.6 is 23.2 Å². The summed E-state index contributed by atoms with van der Waals surface area (Å²) in [5.41, 5.74) is 2.88. The van der Waals surface area contributed by atoms with E-state index in [2.05, 4.69) is 10.4 Å². The highest BCUT2D eigenvalue weighted by Crippen LogP contribution is 2.39. The minimum atomic E-state index is -0.347. The van der Waals surface area contributed by atoms with Crippen LogP contribution in [0.5, 0.6) is 17.2 Å². The van der Waals surface area contributed by atoms with Gasteiger partial charge >= 0.3 is 0 Å². The molecule has 0 radical (unpaired) electrons. The van der Waals surface area contributed by atoms with E-state index in [9.17, 15) is 4.79 Å². The lowest BCUT2D eigenvalue weighted by Crippen LogP contribution is -2.08. The van der Waals surface area contributed by atoms with E-state index in [0.717, 1.165) is 5.56 Å². The van der Waals surface area contributed by atoms with Crippen LogP contribution in [0.1, 0.15) is 16.8 Å². The molecule has 0 saturated heterocycles. The van der Waals surface area contributed by atoms with Crippen LogP contribution in [0, 0.1) is 6.92 Å². The van der Waals surface area contributed by atoms with E-state index < -0.39 is 0 Å². The number of hydrogen-bond acceptors (Lipinski definition) is 5. The molecule has 0 atom stereocenters. The Balaban J connectivity index is 1.76. The molecule has 3 rings (SSSR count). The van der Waals surface area contributed by atoms with Crippen molar-refractivity contribution in [3.05, 3.63) is 69.5 Å². The third-order valence-corrected chi connectivity index (χ3v) is 5.34. The number of amides is 1. The van der Waals surface area contributed by atoms with Crippen molar-refractivity contribution >= 4 is 40.9 Å². The van der Waals surface area contributed by atoms with Gasteiger partial charge in [0.05, 0.1) is 33.6 Å². The largest absolute Gasteiger partial charge is 0.493 e. The molecule has 1 amide bonds. The normalized spacial score (nSPS) is 10.9. The molecule has 1 aromatic heterocycles. The highest BCUT2D eigenvalue weighted by Gasteiger charge is 2.15. The molecule has 1 N–H and O–H groups in total. The van der Waals surface area contributed by atoms with Crippen molar-refractivity contribution in [3.8, 4) is 17.2 Å².